The van der Waals surface area contributed by atoms with Crippen LogP contribution in [0.3, 0.4) is 0 Å². The predicted octanol–water partition coefficient (Wildman–Crippen LogP) is 7.53. The Bertz CT molecular complexity index is 561. The molecule has 0 saturated heterocycles. The highest BCUT2D eigenvalue weighted by Crippen LogP contribution is 2.20. The predicted molar refractivity (Wildman–Crippen MR) is 122 cm³/mol. The van der Waals surface area contributed by atoms with Crippen molar-refractivity contribution in [3.05, 3.63) is 35.9 Å². The number of ketones is 1. The summed E-state index contributed by atoms with van der Waals surface area (Å²) >= 11 is 11.5. The van der Waals surface area contributed by atoms with Gasteiger partial charge in [-0.3, -0.25) is 4.79 Å². The van der Waals surface area contributed by atoms with Gasteiger partial charge in [-0.15, -0.1) is 0 Å². The fraction of sp³-hybridized carbons (Fsp3) is 0.667. The number of carbonyl (C=O) groups excluding carboxylic acids is 2. The van der Waals surface area contributed by atoms with Crippen molar-refractivity contribution in [2.45, 2.75) is 88.8 Å². The van der Waals surface area contributed by atoms with E-state index in [-0.39, 0.29) is 12.4 Å². The van der Waals surface area contributed by atoms with E-state index in [1.165, 1.54) is 57.8 Å². The van der Waals surface area contributed by atoms with Crippen molar-refractivity contribution in [2.75, 3.05) is 6.61 Å². The highest BCUT2D eigenvalue weighted by Gasteiger charge is 2.25. The molecule has 0 N–H and O–H groups in total. The van der Waals surface area contributed by atoms with E-state index >= 15 is 0 Å². The van der Waals surface area contributed by atoms with Gasteiger partial charge in [0, 0.05) is 0 Å². The number of unbranched alkanes of at least 4 members (excludes halogenated alkanes) is 10. The van der Waals surface area contributed by atoms with E-state index in [0.717, 1.165) is 12.8 Å². The standard InChI is InChI=1S/C24H36Cl2O3/c1-2-3-4-5-6-7-8-9-10-11-13-18-21(22(27)23(25)26)19-29-24(28)20-16-14-12-15-17-20/h12,14-17,21,23H,2-11,13,18-19H2,1H3. The minimum Gasteiger partial charge on any atom is -0.461 e. The summed E-state index contributed by atoms with van der Waals surface area (Å²) < 4.78 is 5.33. The van der Waals surface area contributed by atoms with Gasteiger partial charge in [0.15, 0.2) is 10.6 Å². The molecule has 1 unspecified atom stereocenters. The van der Waals surface area contributed by atoms with E-state index in [9.17, 15) is 9.59 Å². The molecule has 5 heteroatoms. The van der Waals surface area contributed by atoms with Gasteiger partial charge in [-0.2, -0.15) is 0 Å². The van der Waals surface area contributed by atoms with Crippen LogP contribution in [-0.4, -0.2) is 23.2 Å². The van der Waals surface area contributed by atoms with Gasteiger partial charge >= 0.3 is 5.97 Å². The summed E-state index contributed by atoms with van der Waals surface area (Å²) in [5.74, 6) is -1.13. The SMILES string of the molecule is CCCCCCCCCCCCCC(COC(=O)c1ccccc1)C(=O)C(Cl)Cl. The average molecular weight is 443 g/mol. The van der Waals surface area contributed by atoms with Gasteiger partial charge in [-0.25, -0.2) is 4.79 Å². The van der Waals surface area contributed by atoms with Crippen LogP contribution >= 0.6 is 23.2 Å². The lowest BCUT2D eigenvalue weighted by Crippen LogP contribution is -2.26. The molecular formula is C24H36Cl2O3. The first-order chi connectivity index (χ1) is 14.1. The van der Waals surface area contributed by atoms with Crippen molar-refractivity contribution < 1.29 is 14.3 Å². The number of rotatable bonds is 17. The molecule has 0 bridgehead atoms. The van der Waals surface area contributed by atoms with Gasteiger partial charge in [0.2, 0.25) is 0 Å². The van der Waals surface area contributed by atoms with Gasteiger partial charge in [0.1, 0.15) is 6.61 Å². The lowest BCUT2D eigenvalue weighted by Gasteiger charge is -2.16. The Hall–Kier alpha value is -1.06. The van der Waals surface area contributed by atoms with Crippen molar-refractivity contribution in [2.24, 2.45) is 5.92 Å². The molecule has 1 rings (SSSR count). The number of alkyl halides is 2. The molecule has 0 aromatic heterocycles. The fourth-order valence-corrected chi connectivity index (χ4v) is 3.73. The summed E-state index contributed by atoms with van der Waals surface area (Å²) in [6.07, 6.45) is 14.4. The van der Waals surface area contributed by atoms with E-state index in [1.54, 1.807) is 24.3 Å². The number of hydrogen-bond donors (Lipinski definition) is 0. The topological polar surface area (TPSA) is 43.4 Å². The van der Waals surface area contributed by atoms with Gasteiger partial charge in [-0.05, 0) is 18.6 Å². The first-order valence-corrected chi connectivity index (χ1v) is 12.0. The lowest BCUT2D eigenvalue weighted by atomic mass is 9.97. The van der Waals surface area contributed by atoms with Crippen LogP contribution in [0.2, 0.25) is 0 Å². The fourth-order valence-electron chi connectivity index (χ4n) is 3.37. The van der Waals surface area contributed by atoms with E-state index < -0.39 is 16.7 Å². The molecule has 0 heterocycles. The molecule has 1 atom stereocenters. The van der Waals surface area contributed by atoms with Crippen LogP contribution in [0.4, 0.5) is 0 Å². The molecule has 0 aliphatic carbocycles. The van der Waals surface area contributed by atoms with E-state index in [4.69, 9.17) is 27.9 Å². The zero-order valence-corrected chi connectivity index (χ0v) is 19.2. The molecule has 0 spiro atoms. The van der Waals surface area contributed by atoms with Gasteiger partial charge in [0.05, 0.1) is 11.5 Å². The Morgan fingerprint density at radius 1 is 0.828 bits per heavy atom. The Balaban J connectivity index is 2.22. The molecule has 0 amide bonds. The Morgan fingerprint density at radius 2 is 1.34 bits per heavy atom. The summed E-state index contributed by atoms with van der Waals surface area (Å²) in [6, 6.07) is 8.76. The van der Waals surface area contributed by atoms with Crippen LogP contribution in [-0.2, 0) is 9.53 Å². The molecule has 0 fully saturated rings. The third kappa shape index (κ3) is 12.3. The molecule has 1 aromatic rings. The van der Waals surface area contributed by atoms with Gasteiger partial charge < -0.3 is 4.74 Å². The lowest BCUT2D eigenvalue weighted by molar-refractivity contribution is -0.122. The number of Topliss-reactive ketones (excluding diaryl/α,β-unsaturated/α-hetero) is 1. The van der Waals surface area contributed by atoms with Crippen molar-refractivity contribution in [3.8, 4) is 0 Å². The molecule has 0 radical (unpaired) electrons. The first kappa shape index (κ1) is 26.0. The number of ether oxygens (including phenoxy) is 1. The van der Waals surface area contributed by atoms with Crippen molar-refractivity contribution in [3.63, 3.8) is 0 Å². The maximum atomic E-state index is 12.2. The maximum Gasteiger partial charge on any atom is 0.338 e. The van der Waals surface area contributed by atoms with Crippen LogP contribution in [0.15, 0.2) is 30.3 Å². The Labute approximate surface area is 186 Å². The minimum absolute atomic E-state index is 0.0280. The van der Waals surface area contributed by atoms with Gasteiger partial charge in [0.25, 0.3) is 0 Å². The molecule has 164 valence electrons. The molecule has 1 aromatic carbocycles. The number of esters is 1. The zero-order valence-electron chi connectivity index (χ0n) is 17.7. The van der Waals surface area contributed by atoms with Crippen molar-refractivity contribution in [1.29, 1.82) is 0 Å². The molecule has 0 aliphatic rings. The van der Waals surface area contributed by atoms with Crippen LogP contribution in [0.1, 0.15) is 94.3 Å². The third-order valence-corrected chi connectivity index (χ3v) is 5.63. The van der Waals surface area contributed by atoms with Crippen LogP contribution in [0.25, 0.3) is 0 Å². The monoisotopic (exact) mass is 442 g/mol. The quantitative estimate of drug-likeness (QED) is 0.142. The summed E-state index contributed by atoms with van der Waals surface area (Å²) in [4.78, 5) is 23.3. The Kier molecular flexibility index (Phi) is 15.0. The Morgan fingerprint density at radius 3 is 1.86 bits per heavy atom. The average Bonchev–Trinajstić information content (AvgIpc) is 2.73. The molecule has 0 saturated carbocycles. The highest BCUT2D eigenvalue weighted by molar-refractivity contribution is 6.53. The van der Waals surface area contributed by atoms with Crippen LogP contribution < -0.4 is 0 Å². The molecule has 3 nitrogen and oxygen atoms in total. The summed E-state index contributed by atoms with van der Waals surface area (Å²) in [5.41, 5.74) is 0.474. The normalized spacial score (nSPS) is 12.1. The summed E-state index contributed by atoms with van der Waals surface area (Å²) in [6.45, 7) is 2.27. The van der Waals surface area contributed by atoms with E-state index in [2.05, 4.69) is 6.92 Å². The van der Waals surface area contributed by atoms with Crippen LogP contribution in [0, 0.1) is 5.92 Å². The molecule has 29 heavy (non-hydrogen) atoms. The smallest absolute Gasteiger partial charge is 0.338 e. The van der Waals surface area contributed by atoms with Crippen molar-refractivity contribution >= 4 is 35.0 Å². The largest absolute Gasteiger partial charge is 0.461 e. The second kappa shape index (κ2) is 16.7. The number of hydrogen-bond acceptors (Lipinski definition) is 3. The van der Waals surface area contributed by atoms with Crippen molar-refractivity contribution in [1.82, 2.24) is 0 Å². The molecular weight excluding hydrogens is 407 g/mol. The maximum absolute atomic E-state index is 12.2. The first-order valence-electron chi connectivity index (χ1n) is 11.1. The molecule has 0 aliphatic heterocycles. The second-order valence-corrected chi connectivity index (χ2v) is 8.78. The summed E-state index contributed by atoms with van der Waals surface area (Å²) in [7, 11) is 0. The summed E-state index contributed by atoms with van der Waals surface area (Å²) in [5, 5.41) is 0. The van der Waals surface area contributed by atoms with E-state index in [1.807, 2.05) is 6.07 Å². The van der Waals surface area contributed by atoms with Gasteiger partial charge in [-0.1, -0.05) is 119 Å². The minimum atomic E-state index is -1.08. The number of carbonyl (C=O) groups is 2. The third-order valence-electron chi connectivity index (χ3n) is 5.20. The number of halogens is 2. The van der Waals surface area contributed by atoms with E-state index in [0.29, 0.717) is 12.0 Å². The second-order valence-electron chi connectivity index (χ2n) is 7.69. The van der Waals surface area contributed by atoms with Crippen LogP contribution in [0.5, 0.6) is 0 Å². The zero-order chi connectivity index (χ0) is 21.3. The highest BCUT2D eigenvalue weighted by atomic mass is 35.5. The number of benzene rings is 1.